The fourth-order valence-corrected chi connectivity index (χ4v) is 8.12. The predicted molar refractivity (Wildman–Crippen MR) is 294 cm³/mol. The molecule has 1 saturated heterocycles. The van der Waals surface area contributed by atoms with Crippen LogP contribution >= 0.6 is 0 Å². The quantitative estimate of drug-likeness (QED) is 0.0228. The fraction of sp³-hybridized carbons (Fsp3) is 0.705. The zero-order valence-corrected chi connectivity index (χ0v) is 45.6. The van der Waals surface area contributed by atoms with Gasteiger partial charge in [-0.05, 0) is 77.0 Å². The van der Waals surface area contributed by atoms with Gasteiger partial charge in [0.15, 0.2) is 24.6 Å². The van der Waals surface area contributed by atoms with E-state index in [9.17, 15) is 34.5 Å². The maximum absolute atomic E-state index is 13.1. The molecule has 0 bridgehead atoms. The molecule has 3 N–H and O–H groups in total. The molecule has 0 radical (unpaired) electrons. The number of aliphatic hydroxyl groups excluding tert-OH is 2. The van der Waals surface area contributed by atoms with Crippen molar-refractivity contribution in [3.05, 3.63) is 85.1 Å². The SMILES string of the molecule is CC/C=C\C/C=C\C/C=C\C/C=C\C/C=C\CC(=O)OCC(COC1OC(C(=O)O)C(O)C(O)C1OC(=O)CCCCCCCCC/C=C\C/C=C\CCCCC)OC(=O)CCCCCCCCCCCCC. The van der Waals surface area contributed by atoms with Gasteiger partial charge < -0.3 is 39.0 Å². The van der Waals surface area contributed by atoms with Crippen LogP contribution in [0.1, 0.15) is 226 Å². The number of unbranched alkanes of at least 4 members (excludes halogenated alkanes) is 20. The van der Waals surface area contributed by atoms with Gasteiger partial charge in [-0.15, -0.1) is 0 Å². The van der Waals surface area contributed by atoms with E-state index in [1.54, 1.807) is 6.08 Å². The van der Waals surface area contributed by atoms with Crippen LogP contribution in [0.2, 0.25) is 0 Å². The Morgan fingerprint density at radius 2 is 0.904 bits per heavy atom. The third kappa shape index (κ3) is 39.0. The summed E-state index contributed by atoms with van der Waals surface area (Å²) in [5, 5.41) is 31.4. The van der Waals surface area contributed by atoms with Crippen molar-refractivity contribution in [1.82, 2.24) is 0 Å². The molecule has 1 rings (SSSR count). The van der Waals surface area contributed by atoms with Crippen molar-refractivity contribution in [2.45, 2.75) is 263 Å². The Balaban J connectivity index is 2.74. The number of rotatable bonds is 47. The minimum atomic E-state index is -1.92. The van der Waals surface area contributed by atoms with Crippen LogP contribution in [-0.2, 0) is 42.9 Å². The predicted octanol–water partition coefficient (Wildman–Crippen LogP) is 14.3. The van der Waals surface area contributed by atoms with E-state index < -0.39 is 67.3 Å². The maximum atomic E-state index is 13.1. The summed E-state index contributed by atoms with van der Waals surface area (Å²) in [4.78, 5) is 50.9. The van der Waals surface area contributed by atoms with E-state index in [-0.39, 0.29) is 25.9 Å². The number of aliphatic carboxylic acids is 1. The molecular weight excluding hydrogens is 925 g/mol. The van der Waals surface area contributed by atoms with Crippen molar-refractivity contribution in [1.29, 1.82) is 0 Å². The van der Waals surface area contributed by atoms with Crippen LogP contribution in [0, 0.1) is 0 Å². The first kappa shape index (κ1) is 66.9. The minimum absolute atomic E-state index is 0.0164. The van der Waals surface area contributed by atoms with Crippen LogP contribution in [-0.4, -0.2) is 89.2 Å². The molecule has 416 valence electrons. The van der Waals surface area contributed by atoms with Crippen LogP contribution < -0.4 is 0 Å². The summed E-state index contributed by atoms with van der Waals surface area (Å²) in [5.74, 6) is -3.29. The maximum Gasteiger partial charge on any atom is 0.335 e. The van der Waals surface area contributed by atoms with Crippen molar-refractivity contribution in [3.8, 4) is 0 Å². The Morgan fingerprint density at radius 3 is 1.41 bits per heavy atom. The fourth-order valence-electron chi connectivity index (χ4n) is 8.12. The Morgan fingerprint density at radius 1 is 0.479 bits per heavy atom. The molecule has 6 unspecified atom stereocenters. The van der Waals surface area contributed by atoms with Crippen molar-refractivity contribution in [2.75, 3.05) is 13.2 Å². The second kappa shape index (κ2) is 48.8. The number of esters is 3. The molecule has 0 aliphatic carbocycles. The van der Waals surface area contributed by atoms with E-state index in [1.165, 1.54) is 64.2 Å². The first-order valence-electron chi connectivity index (χ1n) is 28.6. The van der Waals surface area contributed by atoms with E-state index >= 15 is 0 Å². The van der Waals surface area contributed by atoms with Gasteiger partial charge in [0.2, 0.25) is 0 Å². The third-order valence-corrected chi connectivity index (χ3v) is 12.5. The zero-order chi connectivity index (χ0) is 53.3. The standard InChI is InChI=1S/C61H100O12/c1-4-7-10-13-16-19-22-24-26-27-29-31-34-37-40-43-46-49-55(64)72-59-57(66)56(65)58(60(67)68)73-61(59)70-51-52(71-54(63)48-45-42-39-36-32-21-18-15-12-9-6-3)50-69-53(62)47-44-41-38-35-33-30-28-25-23-20-17-14-11-8-5-2/h8,11,16-17,19-20,24-26,28,33,35,41,44,52,56-59,61,65-66H,4-7,9-10,12-15,18,21-23,27,29-32,34,36-40,42-43,45-51H2,1-3H3,(H,67,68)/b11-8-,19-16-,20-17-,26-24-,28-25-,35-33-,44-41-. The van der Waals surface area contributed by atoms with Gasteiger partial charge in [-0.2, -0.15) is 0 Å². The molecule has 0 amide bonds. The highest BCUT2D eigenvalue weighted by molar-refractivity contribution is 5.74. The molecule has 1 aliphatic rings. The van der Waals surface area contributed by atoms with Crippen molar-refractivity contribution >= 4 is 23.9 Å². The van der Waals surface area contributed by atoms with Gasteiger partial charge >= 0.3 is 23.9 Å². The van der Waals surface area contributed by atoms with Gasteiger partial charge in [-0.25, -0.2) is 4.79 Å². The molecule has 0 spiro atoms. The summed E-state index contributed by atoms with van der Waals surface area (Å²) in [5.41, 5.74) is 0. The van der Waals surface area contributed by atoms with Gasteiger partial charge in [-0.1, -0.05) is 215 Å². The highest BCUT2D eigenvalue weighted by Gasteiger charge is 2.50. The molecule has 12 nitrogen and oxygen atoms in total. The summed E-state index contributed by atoms with van der Waals surface area (Å²) in [6, 6.07) is 0. The minimum Gasteiger partial charge on any atom is -0.479 e. The number of hydrogen-bond donors (Lipinski definition) is 3. The monoisotopic (exact) mass is 1020 g/mol. The van der Waals surface area contributed by atoms with Crippen LogP contribution in [0.4, 0.5) is 0 Å². The molecule has 12 heteroatoms. The van der Waals surface area contributed by atoms with Crippen LogP contribution in [0.5, 0.6) is 0 Å². The summed E-state index contributed by atoms with van der Waals surface area (Å²) in [6.45, 7) is 5.74. The van der Waals surface area contributed by atoms with Gasteiger partial charge in [0.1, 0.15) is 18.8 Å². The molecule has 0 aromatic heterocycles. The summed E-state index contributed by atoms with van der Waals surface area (Å²) >= 11 is 0. The Kier molecular flexibility index (Phi) is 44.7. The van der Waals surface area contributed by atoms with Crippen molar-refractivity contribution in [3.63, 3.8) is 0 Å². The van der Waals surface area contributed by atoms with Crippen LogP contribution in [0.25, 0.3) is 0 Å². The van der Waals surface area contributed by atoms with Crippen molar-refractivity contribution in [2.24, 2.45) is 0 Å². The Hall–Kier alpha value is -4.10. The normalized spacial score (nSPS) is 18.9. The number of carboxylic acid groups (broad SMARTS) is 1. The number of hydrogen-bond acceptors (Lipinski definition) is 11. The van der Waals surface area contributed by atoms with E-state index in [0.29, 0.717) is 19.3 Å². The second-order valence-corrected chi connectivity index (χ2v) is 19.2. The van der Waals surface area contributed by atoms with E-state index in [0.717, 1.165) is 103 Å². The molecule has 1 aliphatic heterocycles. The van der Waals surface area contributed by atoms with Gasteiger partial charge in [0, 0.05) is 12.8 Å². The van der Waals surface area contributed by atoms with E-state index in [4.69, 9.17) is 23.7 Å². The number of ether oxygens (including phenoxy) is 5. The molecule has 0 aromatic carbocycles. The zero-order valence-electron chi connectivity index (χ0n) is 45.6. The Bertz CT molecular complexity index is 1590. The number of carboxylic acids is 1. The lowest BCUT2D eigenvalue weighted by Crippen LogP contribution is -2.61. The average Bonchev–Trinajstić information content (AvgIpc) is 3.37. The lowest BCUT2D eigenvalue weighted by molar-refractivity contribution is -0.301. The summed E-state index contributed by atoms with van der Waals surface area (Å²) in [6.07, 6.45) is 50.1. The molecule has 0 saturated carbocycles. The first-order chi connectivity index (χ1) is 35.6. The molecule has 1 fully saturated rings. The number of allylic oxidation sites excluding steroid dienone is 13. The number of aliphatic hydroxyl groups is 2. The number of carbonyl (C=O) groups is 4. The second-order valence-electron chi connectivity index (χ2n) is 19.2. The lowest BCUT2D eigenvalue weighted by Gasteiger charge is -2.40. The van der Waals surface area contributed by atoms with E-state index in [2.05, 4.69) is 87.6 Å². The highest BCUT2D eigenvalue weighted by atomic mass is 16.7. The number of carbonyl (C=O) groups excluding carboxylic acids is 3. The molecular formula is C61H100O12. The Labute approximate surface area is 441 Å². The highest BCUT2D eigenvalue weighted by Crippen LogP contribution is 2.26. The van der Waals surface area contributed by atoms with Gasteiger partial charge in [0.05, 0.1) is 13.0 Å². The lowest BCUT2D eigenvalue weighted by atomic mass is 9.98. The molecule has 6 atom stereocenters. The molecule has 0 aromatic rings. The summed E-state index contributed by atoms with van der Waals surface area (Å²) in [7, 11) is 0. The van der Waals surface area contributed by atoms with Gasteiger partial charge in [0.25, 0.3) is 0 Å². The topological polar surface area (TPSA) is 175 Å². The van der Waals surface area contributed by atoms with Crippen molar-refractivity contribution < 1.29 is 58.2 Å². The average molecular weight is 1030 g/mol. The largest absolute Gasteiger partial charge is 0.479 e. The molecule has 1 heterocycles. The third-order valence-electron chi connectivity index (χ3n) is 12.5. The first-order valence-corrected chi connectivity index (χ1v) is 28.6. The smallest absolute Gasteiger partial charge is 0.335 e. The summed E-state index contributed by atoms with van der Waals surface area (Å²) < 4.78 is 28.2. The van der Waals surface area contributed by atoms with E-state index in [1.807, 2.05) is 12.2 Å². The van der Waals surface area contributed by atoms with Crippen LogP contribution in [0.15, 0.2) is 85.1 Å². The molecule has 73 heavy (non-hydrogen) atoms. The van der Waals surface area contributed by atoms with Gasteiger partial charge in [-0.3, -0.25) is 14.4 Å². The van der Waals surface area contributed by atoms with Crippen LogP contribution in [0.3, 0.4) is 0 Å².